The van der Waals surface area contributed by atoms with Gasteiger partial charge in [-0.15, -0.1) is 0 Å². The van der Waals surface area contributed by atoms with Gasteiger partial charge >= 0.3 is 0 Å². The molecule has 0 aliphatic rings. The van der Waals surface area contributed by atoms with E-state index in [4.69, 9.17) is 11.6 Å². The van der Waals surface area contributed by atoms with Crippen LogP contribution >= 0.6 is 11.6 Å². The molecule has 1 amide bonds. The highest BCUT2D eigenvalue weighted by Crippen LogP contribution is 2.27. The van der Waals surface area contributed by atoms with Crippen molar-refractivity contribution in [2.45, 2.75) is 6.92 Å². The number of nitro benzene ring substituents is 1. The van der Waals surface area contributed by atoms with E-state index in [1.54, 1.807) is 30.3 Å². The van der Waals surface area contributed by atoms with Gasteiger partial charge in [0.2, 0.25) is 0 Å². The van der Waals surface area contributed by atoms with E-state index in [1.165, 1.54) is 25.3 Å². The second kappa shape index (κ2) is 8.60. The normalized spacial score (nSPS) is 10.6. The van der Waals surface area contributed by atoms with Crippen LogP contribution in [0, 0.1) is 21.4 Å². The van der Waals surface area contributed by atoms with Gasteiger partial charge in [-0.1, -0.05) is 11.6 Å². The Balaban J connectivity index is 2.15. The van der Waals surface area contributed by atoms with Gasteiger partial charge in [-0.25, -0.2) is 0 Å². The van der Waals surface area contributed by atoms with Gasteiger partial charge in [0.25, 0.3) is 11.6 Å². The van der Waals surface area contributed by atoms with Crippen LogP contribution in [-0.2, 0) is 4.79 Å². The van der Waals surface area contributed by atoms with Crippen LogP contribution in [0.3, 0.4) is 0 Å². The number of nitrogens with one attached hydrogen (secondary N) is 2. The molecule has 0 heterocycles. The first-order chi connectivity index (χ1) is 12.8. The molecular formula is C18H13ClN4O4. The Morgan fingerprint density at radius 3 is 2.44 bits per heavy atom. The lowest BCUT2D eigenvalue weighted by Gasteiger charge is -2.07. The molecule has 2 rings (SSSR count). The zero-order valence-corrected chi connectivity index (χ0v) is 14.8. The second-order valence-electron chi connectivity index (χ2n) is 5.32. The van der Waals surface area contributed by atoms with Crippen LogP contribution in [0.15, 0.2) is 54.2 Å². The summed E-state index contributed by atoms with van der Waals surface area (Å²) in [5, 5.41) is 25.2. The SMILES string of the molecule is CC(=O)c1ccc(N/C=C(/C#N)C(=O)Nc2cc([N+](=O)[O-])ccc2Cl)cc1. The monoisotopic (exact) mass is 384 g/mol. The Hall–Kier alpha value is -3.70. The summed E-state index contributed by atoms with van der Waals surface area (Å²) in [5.41, 5.74) is 0.592. The van der Waals surface area contributed by atoms with Crippen LogP contribution in [0.25, 0.3) is 0 Å². The molecule has 0 aromatic heterocycles. The zero-order valence-electron chi connectivity index (χ0n) is 14.0. The van der Waals surface area contributed by atoms with E-state index in [-0.39, 0.29) is 27.8 Å². The van der Waals surface area contributed by atoms with E-state index in [9.17, 15) is 25.0 Å². The van der Waals surface area contributed by atoms with Crippen molar-refractivity contribution in [2.24, 2.45) is 0 Å². The van der Waals surface area contributed by atoms with Gasteiger partial charge in [0.1, 0.15) is 11.6 Å². The Labute approximate surface area is 159 Å². The molecule has 0 radical (unpaired) electrons. The van der Waals surface area contributed by atoms with Crippen molar-refractivity contribution >= 4 is 40.4 Å². The summed E-state index contributed by atoms with van der Waals surface area (Å²) >= 11 is 5.92. The predicted molar refractivity (Wildman–Crippen MR) is 101 cm³/mol. The third-order valence-corrected chi connectivity index (χ3v) is 3.78. The molecule has 8 nitrogen and oxygen atoms in total. The Bertz CT molecular complexity index is 978. The van der Waals surface area contributed by atoms with Gasteiger partial charge < -0.3 is 10.6 Å². The number of carbonyl (C=O) groups excluding carboxylic acids is 2. The summed E-state index contributed by atoms with van der Waals surface area (Å²) in [7, 11) is 0. The van der Waals surface area contributed by atoms with Crippen molar-refractivity contribution in [3.05, 3.63) is 74.9 Å². The summed E-state index contributed by atoms with van der Waals surface area (Å²) in [6.45, 7) is 1.44. The third-order valence-electron chi connectivity index (χ3n) is 3.45. The number of ketones is 1. The first-order valence-electron chi connectivity index (χ1n) is 7.55. The number of hydrogen-bond acceptors (Lipinski definition) is 6. The molecule has 0 aliphatic heterocycles. The molecule has 9 heteroatoms. The minimum absolute atomic E-state index is 0.0165. The fraction of sp³-hybridized carbons (Fsp3) is 0.0556. The number of rotatable bonds is 6. The molecular weight excluding hydrogens is 372 g/mol. The largest absolute Gasteiger partial charge is 0.360 e. The van der Waals surface area contributed by atoms with Gasteiger partial charge in [0, 0.05) is 29.6 Å². The maximum Gasteiger partial charge on any atom is 0.271 e. The molecule has 2 aromatic rings. The predicted octanol–water partition coefficient (Wildman–Crippen LogP) is 3.91. The lowest BCUT2D eigenvalue weighted by molar-refractivity contribution is -0.384. The van der Waals surface area contributed by atoms with Crippen LogP contribution < -0.4 is 10.6 Å². The van der Waals surface area contributed by atoms with Crippen LogP contribution in [0.5, 0.6) is 0 Å². The Kier molecular flexibility index (Phi) is 6.25. The summed E-state index contributed by atoms with van der Waals surface area (Å²) in [6, 6.07) is 11.8. The topological polar surface area (TPSA) is 125 Å². The van der Waals surface area contributed by atoms with Crippen molar-refractivity contribution in [2.75, 3.05) is 10.6 Å². The fourth-order valence-corrected chi connectivity index (χ4v) is 2.18. The van der Waals surface area contributed by atoms with E-state index in [2.05, 4.69) is 10.6 Å². The molecule has 0 spiro atoms. The number of nitrogens with zero attached hydrogens (tertiary/aromatic N) is 2. The number of nitro groups is 1. The molecule has 2 N–H and O–H groups in total. The number of Topliss-reactive ketones (excluding diaryl/α,β-unsaturated/α-hetero) is 1. The van der Waals surface area contributed by atoms with Crippen LogP contribution in [0.4, 0.5) is 17.1 Å². The Morgan fingerprint density at radius 1 is 1.22 bits per heavy atom. The first-order valence-corrected chi connectivity index (χ1v) is 7.92. The number of benzene rings is 2. The number of non-ortho nitro benzene ring substituents is 1. The maximum absolute atomic E-state index is 12.2. The molecule has 0 unspecified atom stereocenters. The highest BCUT2D eigenvalue weighted by molar-refractivity contribution is 6.34. The van der Waals surface area contributed by atoms with E-state index in [0.717, 1.165) is 6.07 Å². The minimum atomic E-state index is -0.784. The highest BCUT2D eigenvalue weighted by Gasteiger charge is 2.15. The van der Waals surface area contributed by atoms with Crippen molar-refractivity contribution in [1.29, 1.82) is 5.26 Å². The minimum Gasteiger partial charge on any atom is -0.360 e. The van der Waals surface area contributed by atoms with Crippen molar-refractivity contribution in [3.8, 4) is 6.07 Å². The van der Waals surface area contributed by atoms with E-state index < -0.39 is 10.8 Å². The molecule has 136 valence electrons. The van der Waals surface area contributed by atoms with E-state index in [1.807, 2.05) is 0 Å². The van der Waals surface area contributed by atoms with Crippen LogP contribution in [0.1, 0.15) is 17.3 Å². The molecule has 0 aliphatic carbocycles. The standard InChI is InChI=1S/C18H13ClN4O4/c1-11(24)12-2-4-14(5-3-12)21-10-13(9-20)18(25)22-17-8-15(23(26)27)6-7-16(17)19/h2-8,10,21H,1H3,(H,22,25)/b13-10-. The highest BCUT2D eigenvalue weighted by atomic mass is 35.5. The first kappa shape index (κ1) is 19.6. The van der Waals surface area contributed by atoms with E-state index in [0.29, 0.717) is 11.3 Å². The second-order valence-corrected chi connectivity index (χ2v) is 5.73. The van der Waals surface area contributed by atoms with Crippen LogP contribution in [0.2, 0.25) is 5.02 Å². The van der Waals surface area contributed by atoms with Crippen molar-refractivity contribution in [3.63, 3.8) is 0 Å². The number of amides is 1. The molecule has 27 heavy (non-hydrogen) atoms. The van der Waals surface area contributed by atoms with E-state index >= 15 is 0 Å². The molecule has 0 saturated heterocycles. The zero-order chi connectivity index (χ0) is 20.0. The Morgan fingerprint density at radius 2 is 1.89 bits per heavy atom. The molecule has 2 aromatic carbocycles. The summed E-state index contributed by atoms with van der Waals surface area (Å²) in [6.07, 6.45) is 1.18. The lowest BCUT2D eigenvalue weighted by atomic mass is 10.1. The number of nitriles is 1. The van der Waals surface area contributed by atoms with Gasteiger partial charge in [-0.2, -0.15) is 5.26 Å². The van der Waals surface area contributed by atoms with Crippen molar-refractivity contribution < 1.29 is 14.5 Å². The summed E-state index contributed by atoms with van der Waals surface area (Å²) < 4.78 is 0. The summed E-state index contributed by atoms with van der Waals surface area (Å²) in [5.74, 6) is -0.865. The molecule has 0 atom stereocenters. The molecule has 0 bridgehead atoms. The van der Waals surface area contributed by atoms with Gasteiger partial charge in [0.15, 0.2) is 5.78 Å². The number of anilines is 2. The maximum atomic E-state index is 12.2. The van der Waals surface area contributed by atoms with Crippen molar-refractivity contribution in [1.82, 2.24) is 0 Å². The fourth-order valence-electron chi connectivity index (χ4n) is 2.02. The third kappa shape index (κ3) is 5.14. The quantitative estimate of drug-likeness (QED) is 0.256. The van der Waals surface area contributed by atoms with Gasteiger partial charge in [-0.3, -0.25) is 19.7 Å². The average Bonchev–Trinajstić information content (AvgIpc) is 2.64. The van der Waals surface area contributed by atoms with Gasteiger partial charge in [-0.05, 0) is 37.3 Å². The average molecular weight is 385 g/mol. The molecule has 0 fully saturated rings. The van der Waals surface area contributed by atoms with Gasteiger partial charge in [0.05, 0.1) is 15.6 Å². The number of carbonyl (C=O) groups is 2. The van der Waals surface area contributed by atoms with Crippen LogP contribution in [-0.4, -0.2) is 16.6 Å². The molecule has 0 saturated carbocycles. The number of halogens is 1. The smallest absolute Gasteiger partial charge is 0.271 e. The number of hydrogen-bond donors (Lipinski definition) is 2. The summed E-state index contributed by atoms with van der Waals surface area (Å²) in [4.78, 5) is 33.7. The lowest BCUT2D eigenvalue weighted by Crippen LogP contribution is -2.15.